The first-order valence-electron chi connectivity index (χ1n) is 6.05. The Hall–Kier alpha value is -2.21. The van der Waals surface area contributed by atoms with Gasteiger partial charge in [0.1, 0.15) is 0 Å². The van der Waals surface area contributed by atoms with Crippen LogP contribution in [-0.2, 0) is 14.4 Å². The first-order valence-corrected chi connectivity index (χ1v) is 6.05. The molecule has 0 aliphatic carbocycles. The van der Waals surface area contributed by atoms with Crippen LogP contribution in [0.15, 0.2) is 36.0 Å². The number of carbonyl (C=O) groups is 3. The van der Waals surface area contributed by atoms with Crippen LogP contribution in [0, 0.1) is 0 Å². The monoisotopic (exact) mass is 281 g/mol. The van der Waals surface area contributed by atoms with E-state index < -0.39 is 11.9 Å². The number of carbonyl (C=O) groups excluding carboxylic acids is 1. The fourth-order valence-corrected chi connectivity index (χ4v) is 1.47. The largest absolute Gasteiger partial charge is 0.478 e. The van der Waals surface area contributed by atoms with Crippen LogP contribution in [-0.4, -0.2) is 53.0 Å². The van der Waals surface area contributed by atoms with Gasteiger partial charge in [-0.1, -0.05) is 12.2 Å². The molecule has 0 bridgehead atoms. The minimum Gasteiger partial charge on any atom is -0.478 e. The van der Waals surface area contributed by atoms with Crippen molar-refractivity contribution >= 4 is 17.7 Å². The minimum atomic E-state index is -1.26. The Morgan fingerprint density at radius 2 is 1.70 bits per heavy atom. The van der Waals surface area contributed by atoms with Gasteiger partial charge in [-0.25, -0.2) is 9.59 Å². The van der Waals surface area contributed by atoms with Gasteiger partial charge in [0.2, 0.25) is 0 Å². The lowest BCUT2D eigenvalue weighted by molar-refractivity contribution is -0.134. The van der Waals surface area contributed by atoms with Gasteiger partial charge in [0, 0.05) is 30.8 Å². The Morgan fingerprint density at radius 1 is 1.15 bits per heavy atom. The van der Waals surface area contributed by atoms with E-state index in [0.717, 1.165) is 25.1 Å². The topological polar surface area (TPSA) is 94.9 Å². The first kappa shape index (κ1) is 17.8. The third-order valence-electron chi connectivity index (χ3n) is 2.34. The Kier molecular flexibility index (Phi) is 8.61. The molecular weight excluding hydrogens is 262 g/mol. The molecular formula is C14H19NO5. The average molecular weight is 281 g/mol. The molecule has 0 fully saturated rings. The number of carboxylic acid groups (broad SMARTS) is 2. The third kappa shape index (κ3) is 8.82. The molecule has 6 heteroatoms. The van der Waals surface area contributed by atoms with Crippen LogP contribution >= 0.6 is 0 Å². The van der Waals surface area contributed by atoms with Crippen molar-refractivity contribution in [2.45, 2.75) is 13.3 Å². The molecule has 1 heterocycles. The van der Waals surface area contributed by atoms with Crippen molar-refractivity contribution < 1.29 is 24.6 Å². The quantitative estimate of drug-likeness (QED) is 0.749. The summed E-state index contributed by atoms with van der Waals surface area (Å²) in [6, 6.07) is 0. The molecule has 0 aromatic carbocycles. The molecule has 0 radical (unpaired) electrons. The summed E-state index contributed by atoms with van der Waals surface area (Å²) < 4.78 is 0. The van der Waals surface area contributed by atoms with Crippen molar-refractivity contribution in [2.24, 2.45) is 0 Å². The number of hydrogen-bond acceptors (Lipinski definition) is 4. The Bertz CT molecular complexity index is 432. The molecule has 1 aliphatic heterocycles. The standard InChI is InChI=1S/C10H15NO.C4H4O4/c1-3-5-10(12)9-6-4-7-11(2)8-9;5-3(6)1-2-4(7)8/h3,5-6H,4,7-8H2,1-2H3;1-2H,(H,5,6)(H,7,8). The smallest absolute Gasteiger partial charge is 0.328 e. The molecule has 110 valence electrons. The van der Waals surface area contributed by atoms with Crippen LogP contribution in [0.3, 0.4) is 0 Å². The molecule has 0 saturated carbocycles. The molecule has 0 spiro atoms. The van der Waals surface area contributed by atoms with E-state index in [1.807, 2.05) is 20.0 Å². The molecule has 0 aromatic heterocycles. The fourth-order valence-electron chi connectivity index (χ4n) is 1.47. The van der Waals surface area contributed by atoms with Crippen LogP contribution in [0.25, 0.3) is 0 Å². The van der Waals surface area contributed by atoms with E-state index in [1.54, 1.807) is 12.2 Å². The van der Waals surface area contributed by atoms with E-state index >= 15 is 0 Å². The summed E-state index contributed by atoms with van der Waals surface area (Å²) >= 11 is 0. The molecule has 20 heavy (non-hydrogen) atoms. The summed E-state index contributed by atoms with van der Waals surface area (Å²) in [5.41, 5.74) is 0.932. The normalized spacial score (nSPS) is 15.6. The molecule has 2 N–H and O–H groups in total. The van der Waals surface area contributed by atoms with Gasteiger partial charge in [-0.15, -0.1) is 0 Å². The second-order valence-corrected chi connectivity index (χ2v) is 4.13. The van der Waals surface area contributed by atoms with E-state index in [-0.39, 0.29) is 5.78 Å². The van der Waals surface area contributed by atoms with Crippen molar-refractivity contribution in [1.82, 2.24) is 4.90 Å². The Balaban J connectivity index is 0.000000396. The lowest BCUT2D eigenvalue weighted by Crippen LogP contribution is -2.28. The van der Waals surface area contributed by atoms with Crippen molar-refractivity contribution in [3.05, 3.63) is 36.0 Å². The molecule has 0 atom stereocenters. The molecule has 1 aliphatic rings. The van der Waals surface area contributed by atoms with Gasteiger partial charge in [-0.2, -0.15) is 0 Å². The lowest BCUT2D eigenvalue weighted by atomic mass is 10.1. The summed E-state index contributed by atoms with van der Waals surface area (Å²) in [5, 5.41) is 15.6. The minimum absolute atomic E-state index is 0.157. The zero-order valence-corrected chi connectivity index (χ0v) is 11.6. The average Bonchev–Trinajstić information content (AvgIpc) is 2.37. The summed E-state index contributed by atoms with van der Waals surface area (Å²) in [5.74, 6) is -2.36. The second kappa shape index (κ2) is 9.69. The number of ketones is 1. The summed E-state index contributed by atoms with van der Waals surface area (Å²) in [4.78, 5) is 32.6. The molecule has 0 unspecified atom stereocenters. The van der Waals surface area contributed by atoms with Crippen LogP contribution in [0.2, 0.25) is 0 Å². The Morgan fingerprint density at radius 3 is 2.10 bits per heavy atom. The predicted molar refractivity (Wildman–Crippen MR) is 74.4 cm³/mol. The van der Waals surface area contributed by atoms with Crippen LogP contribution < -0.4 is 0 Å². The van der Waals surface area contributed by atoms with E-state index in [9.17, 15) is 14.4 Å². The van der Waals surface area contributed by atoms with Gasteiger partial charge in [0.15, 0.2) is 5.78 Å². The number of nitrogens with zero attached hydrogens (tertiary/aromatic N) is 1. The zero-order valence-electron chi connectivity index (χ0n) is 11.6. The number of allylic oxidation sites excluding steroid dienone is 2. The van der Waals surface area contributed by atoms with Gasteiger partial charge in [-0.05, 0) is 26.5 Å². The van der Waals surface area contributed by atoms with Crippen LogP contribution in [0.5, 0.6) is 0 Å². The number of likely N-dealkylation sites (N-methyl/N-ethyl adjacent to an activating group) is 1. The van der Waals surface area contributed by atoms with E-state index in [0.29, 0.717) is 12.2 Å². The summed E-state index contributed by atoms with van der Waals surface area (Å²) in [6.07, 6.45) is 7.57. The zero-order chi connectivity index (χ0) is 15.5. The maximum absolute atomic E-state index is 11.4. The molecule has 0 aromatic rings. The van der Waals surface area contributed by atoms with Gasteiger partial charge >= 0.3 is 11.9 Å². The van der Waals surface area contributed by atoms with Crippen molar-refractivity contribution in [3.63, 3.8) is 0 Å². The molecule has 0 amide bonds. The summed E-state index contributed by atoms with van der Waals surface area (Å²) in [6.45, 7) is 3.72. The van der Waals surface area contributed by atoms with Gasteiger partial charge in [0.25, 0.3) is 0 Å². The SMILES string of the molecule is CC=CC(=O)C1=CCCN(C)C1.O=C(O)C=CC(=O)O. The fraction of sp³-hybridized carbons (Fsp3) is 0.357. The highest BCUT2D eigenvalue weighted by Crippen LogP contribution is 2.08. The second-order valence-electron chi connectivity index (χ2n) is 4.13. The Labute approximate surface area is 117 Å². The van der Waals surface area contributed by atoms with Gasteiger partial charge in [0.05, 0.1) is 0 Å². The van der Waals surface area contributed by atoms with Crippen LogP contribution in [0.1, 0.15) is 13.3 Å². The third-order valence-corrected chi connectivity index (χ3v) is 2.34. The highest BCUT2D eigenvalue weighted by Gasteiger charge is 2.12. The maximum Gasteiger partial charge on any atom is 0.328 e. The van der Waals surface area contributed by atoms with Gasteiger partial charge < -0.3 is 15.1 Å². The number of aliphatic carboxylic acids is 2. The van der Waals surface area contributed by atoms with E-state index in [4.69, 9.17) is 10.2 Å². The number of rotatable bonds is 4. The summed E-state index contributed by atoms with van der Waals surface area (Å²) in [7, 11) is 2.04. The lowest BCUT2D eigenvalue weighted by Gasteiger charge is -2.21. The van der Waals surface area contributed by atoms with Crippen LogP contribution in [0.4, 0.5) is 0 Å². The van der Waals surface area contributed by atoms with E-state index in [2.05, 4.69) is 4.90 Å². The van der Waals surface area contributed by atoms with Crippen molar-refractivity contribution in [1.29, 1.82) is 0 Å². The highest BCUT2D eigenvalue weighted by molar-refractivity contribution is 6.04. The molecule has 6 nitrogen and oxygen atoms in total. The number of hydrogen-bond donors (Lipinski definition) is 2. The van der Waals surface area contributed by atoms with Gasteiger partial charge in [-0.3, -0.25) is 4.79 Å². The first-order chi connectivity index (χ1) is 9.36. The predicted octanol–water partition coefficient (Wildman–Crippen LogP) is 1.11. The van der Waals surface area contributed by atoms with Crippen molar-refractivity contribution in [3.8, 4) is 0 Å². The molecule has 0 saturated heterocycles. The van der Waals surface area contributed by atoms with E-state index in [1.165, 1.54) is 0 Å². The van der Waals surface area contributed by atoms with Crippen molar-refractivity contribution in [2.75, 3.05) is 20.1 Å². The number of carboxylic acids is 2. The maximum atomic E-state index is 11.4. The highest BCUT2D eigenvalue weighted by atomic mass is 16.4. The molecule has 1 rings (SSSR count).